The molecule has 15 heavy (non-hydrogen) atoms. The van der Waals surface area contributed by atoms with E-state index in [9.17, 15) is 5.11 Å². The van der Waals surface area contributed by atoms with Crippen LogP contribution in [0.15, 0.2) is 5.38 Å². The maximum atomic E-state index is 9.49. The van der Waals surface area contributed by atoms with Gasteiger partial charge in [0.1, 0.15) is 0 Å². The van der Waals surface area contributed by atoms with Crippen molar-refractivity contribution in [3.63, 3.8) is 0 Å². The summed E-state index contributed by atoms with van der Waals surface area (Å²) in [6, 6.07) is 0.0877. The SMILES string of the molecule is Cc1nc(CCNC2COCC2O)cs1. The van der Waals surface area contributed by atoms with Gasteiger partial charge in [0.15, 0.2) is 0 Å². The first kappa shape index (κ1) is 11.0. The van der Waals surface area contributed by atoms with E-state index in [2.05, 4.69) is 15.7 Å². The van der Waals surface area contributed by atoms with Crippen LogP contribution < -0.4 is 5.32 Å². The van der Waals surface area contributed by atoms with Gasteiger partial charge in [0.2, 0.25) is 0 Å². The number of thiazole rings is 1. The van der Waals surface area contributed by atoms with E-state index in [1.165, 1.54) is 0 Å². The van der Waals surface area contributed by atoms with E-state index in [0.29, 0.717) is 13.2 Å². The highest BCUT2D eigenvalue weighted by atomic mass is 32.1. The van der Waals surface area contributed by atoms with Gasteiger partial charge in [-0.2, -0.15) is 0 Å². The standard InChI is InChI=1S/C10H16N2O2S/c1-7-12-8(6-15-7)2-3-11-9-4-14-5-10(9)13/h6,9-11,13H,2-5H2,1H3. The highest BCUT2D eigenvalue weighted by molar-refractivity contribution is 7.09. The highest BCUT2D eigenvalue weighted by Crippen LogP contribution is 2.09. The van der Waals surface area contributed by atoms with Crippen molar-refractivity contribution in [2.75, 3.05) is 19.8 Å². The molecule has 0 saturated carbocycles. The molecule has 1 aliphatic rings. The van der Waals surface area contributed by atoms with Crippen molar-refractivity contribution < 1.29 is 9.84 Å². The van der Waals surface area contributed by atoms with Gasteiger partial charge in [0.25, 0.3) is 0 Å². The molecule has 1 aromatic heterocycles. The van der Waals surface area contributed by atoms with Crippen molar-refractivity contribution in [1.82, 2.24) is 10.3 Å². The van der Waals surface area contributed by atoms with Gasteiger partial charge in [-0.1, -0.05) is 0 Å². The third kappa shape index (κ3) is 2.98. The first-order valence-electron chi connectivity index (χ1n) is 5.16. The Hall–Kier alpha value is -0.490. The zero-order valence-corrected chi connectivity index (χ0v) is 9.59. The summed E-state index contributed by atoms with van der Waals surface area (Å²) in [7, 11) is 0. The van der Waals surface area contributed by atoms with Crippen LogP contribution in [0.3, 0.4) is 0 Å². The summed E-state index contributed by atoms with van der Waals surface area (Å²) in [5, 5.41) is 16.0. The molecule has 2 atom stereocenters. The summed E-state index contributed by atoms with van der Waals surface area (Å²) in [6.45, 7) is 3.91. The van der Waals surface area contributed by atoms with Crippen LogP contribution in [0.4, 0.5) is 0 Å². The van der Waals surface area contributed by atoms with Crippen molar-refractivity contribution in [2.24, 2.45) is 0 Å². The Morgan fingerprint density at radius 3 is 3.13 bits per heavy atom. The van der Waals surface area contributed by atoms with Gasteiger partial charge >= 0.3 is 0 Å². The fraction of sp³-hybridized carbons (Fsp3) is 0.700. The molecule has 2 N–H and O–H groups in total. The number of hydrogen-bond donors (Lipinski definition) is 2. The van der Waals surface area contributed by atoms with E-state index < -0.39 is 0 Å². The molecule has 0 aromatic carbocycles. The molecule has 1 aromatic rings. The molecule has 5 heteroatoms. The zero-order chi connectivity index (χ0) is 10.7. The van der Waals surface area contributed by atoms with Gasteiger partial charge in [-0.3, -0.25) is 0 Å². The Labute approximate surface area is 93.3 Å². The minimum Gasteiger partial charge on any atom is -0.389 e. The number of aryl methyl sites for hydroxylation is 1. The number of hydrogen-bond acceptors (Lipinski definition) is 5. The molecule has 0 aliphatic carbocycles. The van der Waals surface area contributed by atoms with Crippen LogP contribution in [0.25, 0.3) is 0 Å². The number of nitrogens with zero attached hydrogens (tertiary/aromatic N) is 1. The molecular weight excluding hydrogens is 212 g/mol. The second-order valence-corrected chi connectivity index (χ2v) is 4.84. The highest BCUT2D eigenvalue weighted by Gasteiger charge is 2.25. The van der Waals surface area contributed by atoms with Crippen LogP contribution in [0.1, 0.15) is 10.7 Å². The molecule has 4 nitrogen and oxygen atoms in total. The largest absolute Gasteiger partial charge is 0.389 e. The van der Waals surface area contributed by atoms with Crippen LogP contribution in [0, 0.1) is 6.92 Å². The Morgan fingerprint density at radius 1 is 1.67 bits per heavy atom. The summed E-state index contributed by atoms with van der Waals surface area (Å²) in [5.74, 6) is 0. The average Bonchev–Trinajstić information content (AvgIpc) is 2.77. The molecule has 0 bridgehead atoms. The number of aromatic nitrogens is 1. The molecule has 0 spiro atoms. The summed E-state index contributed by atoms with van der Waals surface area (Å²) in [4.78, 5) is 4.38. The van der Waals surface area contributed by atoms with E-state index in [0.717, 1.165) is 23.7 Å². The number of nitrogens with one attached hydrogen (secondary N) is 1. The lowest BCUT2D eigenvalue weighted by Crippen LogP contribution is -2.39. The third-order valence-corrected chi connectivity index (χ3v) is 3.33. The summed E-state index contributed by atoms with van der Waals surface area (Å²) in [5.41, 5.74) is 1.12. The predicted octanol–water partition coefficient (Wildman–Crippen LogP) is 0.343. The lowest BCUT2D eigenvalue weighted by molar-refractivity contribution is 0.122. The van der Waals surface area contributed by atoms with Crippen molar-refractivity contribution >= 4 is 11.3 Å². The van der Waals surface area contributed by atoms with Crippen molar-refractivity contribution in [1.29, 1.82) is 0 Å². The molecule has 2 unspecified atom stereocenters. The van der Waals surface area contributed by atoms with Crippen LogP contribution >= 0.6 is 11.3 Å². The second-order valence-electron chi connectivity index (χ2n) is 3.77. The van der Waals surface area contributed by atoms with Gasteiger partial charge in [-0.05, 0) is 6.92 Å². The second kappa shape index (κ2) is 5.03. The first-order valence-corrected chi connectivity index (χ1v) is 6.04. The van der Waals surface area contributed by atoms with Gasteiger partial charge in [-0.15, -0.1) is 11.3 Å². The van der Waals surface area contributed by atoms with Gasteiger partial charge in [-0.25, -0.2) is 4.98 Å². The average molecular weight is 228 g/mol. The number of aliphatic hydroxyl groups is 1. The molecule has 2 rings (SSSR count). The number of rotatable bonds is 4. The maximum Gasteiger partial charge on any atom is 0.0948 e. The Kier molecular flexibility index (Phi) is 3.69. The number of aliphatic hydroxyl groups excluding tert-OH is 1. The monoisotopic (exact) mass is 228 g/mol. The van der Waals surface area contributed by atoms with E-state index >= 15 is 0 Å². The first-order chi connectivity index (χ1) is 7.25. The Balaban J connectivity index is 1.70. The Morgan fingerprint density at radius 2 is 2.53 bits per heavy atom. The lowest BCUT2D eigenvalue weighted by Gasteiger charge is -2.13. The smallest absolute Gasteiger partial charge is 0.0948 e. The molecule has 0 amide bonds. The van der Waals surface area contributed by atoms with Gasteiger partial charge < -0.3 is 15.2 Å². The van der Waals surface area contributed by atoms with Crippen LogP contribution in [-0.4, -0.2) is 42.0 Å². The normalized spacial score (nSPS) is 26.0. The molecule has 0 radical (unpaired) electrons. The summed E-state index contributed by atoms with van der Waals surface area (Å²) >= 11 is 1.67. The molecule has 2 heterocycles. The quantitative estimate of drug-likeness (QED) is 0.780. The van der Waals surface area contributed by atoms with Crippen LogP contribution in [0.2, 0.25) is 0 Å². The Bertz CT molecular complexity index is 316. The van der Waals surface area contributed by atoms with Crippen molar-refractivity contribution in [2.45, 2.75) is 25.5 Å². The van der Waals surface area contributed by atoms with E-state index in [4.69, 9.17) is 4.74 Å². The molecule has 1 fully saturated rings. The fourth-order valence-corrected chi connectivity index (χ4v) is 2.29. The molecular formula is C10H16N2O2S. The minimum atomic E-state index is -0.359. The molecule has 1 aliphatic heterocycles. The lowest BCUT2D eigenvalue weighted by atomic mass is 10.2. The van der Waals surface area contributed by atoms with Gasteiger partial charge in [0.05, 0.1) is 36.1 Å². The fourth-order valence-electron chi connectivity index (χ4n) is 1.65. The minimum absolute atomic E-state index is 0.0877. The van der Waals surface area contributed by atoms with E-state index in [-0.39, 0.29) is 12.1 Å². The van der Waals surface area contributed by atoms with Gasteiger partial charge in [0, 0.05) is 18.3 Å². The molecule has 1 saturated heterocycles. The molecule has 84 valence electrons. The third-order valence-electron chi connectivity index (χ3n) is 2.50. The van der Waals surface area contributed by atoms with Crippen LogP contribution in [0.5, 0.6) is 0 Å². The zero-order valence-electron chi connectivity index (χ0n) is 8.77. The van der Waals surface area contributed by atoms with Crippen LogP contribution in [-0.2, 0) is 11.2 Å². The van der Waals surface area contributed by atoms with Crippen molar-refractivity contribution in [3.8, 4) is 0 Å². The van der Waals surface area contributed by atoms with E-state index in [1.807, 2.05) is 6.92 Å². The topological polar surface area (TPSA) is 54.4 Å². The van der Waals surface area contributed by atoms with E-state index in [1.54, 1.807) is 11.3 Å². The predicted molar refractivity (Wildman–Crippen MR) is 59.2 cm³/mol. The summed E-state index contributed by atoms with van der Waals surface area (Å²) in [6.07, 6.45) is 0.551. The summed E-state index contributed by atoms with van der Waals surface area (Å²) < 4.78 is 5.15. The number of ether oxygens (including phenoxy) is 1. The maximum absolute atomic E-state index is 9.49. The van der Waals surface area contributed by atoms with Crippen molar-refractivity contribution in [3.05, 3.63) is 16.1 Å².